The number of hydrogen-bond acceptors (Lipinski definition) is 1. The molecule has 1 amide bonds. The zero-order valence-corrected chi connectivity index (χ0v) is 14.4. The lowest BCUT2D eigenvalue weighted by Gasteiger charge is -2.40. The van der Waals surface area contributed by atoms with Gasteiger partial charge in [-0.1, -0.05) is 48.6 Å². The molecule has 1 aromatic rings. The van der Waals surface area contributed by atoms with E-state index in [2.05, 4.69) is 43.4 Å². The van der Waals surface area contributed by atoms with E-state index in [-0.39, 0.29) is 5.91 Å². The highest BCUT2D eigenvalue weighted by Crippen LogP contribution is 2.56. The Balaban J connectivity index is 2.04. The maximum absolute atomic E-state index is 12.8. The molecule has 4 rings (SSSR count). The highest BCUT2D eigenvalue weighted by molar-refractivity contribution is 6.72. The van der Waals surface area contributed by atoms with E-state index in [4.69, 9.17) is 5.73 Å². The summed E-state index contributed by atoms with van der Waals surface area (Å²) in [5.74, 6) is 0.947. The zero-order chi connectivity index (χ0) is 15.5. The molecule has 2 saturated carbocycles. The minimum absolute atomic E-state index is 0.102. The Morgan fingerprint density at radius 3 is 2.86 bits per heavy atom. The lowest BCUT2D eigenvalue weighted by atomic mass is 9.66. The van der Waals surface area contributed by atoms with Gasteiger partial charge in [-0.25, -0.2) is 0 Å². The molecular formula is C19H23NOSi. The summed E-state index contributed by atoms with van der Waals surface area (Å²) in [4.78, 5) is 12.8. The van der Waals surface area contributed by atoms with E-state index in [0.717, 1.165) is 12.8 Å². The number of rotatable bonds is 2. The van der Waals surface area contributed by atoms with E-state index in [1.54, 1.807) is 0 Å². The molecule has 2 fully saturated rings. The van der Waals surface area contributed by atoms with Gasteiger partial charge >= 0.3 is 0 Å². The summed E-state index contributed by atoms with van der Waals surface area (Å²) in [6.07, 6.45) is 8.98. The summed E-state index contributed by atoms with van der Waals surface area (Å²) < 4.78 is 0. The van der Waals surface area contributed by atoms with Crippen molar-refractivity contribution in [2.45, 2.75) is 44.2 Å². The first-order valence-electron chi connectivity index (χ1n) is 8.33. The topological polar surface area (TPSA) is 43.1 Å². The van der Waals surface area contributed by atoms with Gasteiger partial charge in [0.2, 0.25) is 5.91 Å². The monoisotopic (exact) mass is 309 g/mol. The molecule has 0 radical (unpaired) electrons. The van der Waals surface area contributed by atoms with Gasteiger partial charge in [0.05, 0.1) is 5.41 Å². The molecule has 3 heteroatoms. The Hall–Kier alpha value is -1.48. The van der Waals surface area contributed by atoms with Crippen LogP contribution in [-0.2, 0) is 16.6 Å². The quantitative estimate of drug-likeness (QED) is 0.839. The predicted octanol–water partition coefficient (Wildman–Crippen LogP) is 2.92. The van der Waals surface area contributed by atoms with Crippen molar-refractivity contribution in [3.8, 4) is 0 Å². The largest absolute Gasteiger partial charge is 0.369 e. The summed E-state index contributed by atoms with van der Waals surface area (Å²) in [5.41, 5.74) is 9.45. The van der Waals surface area contributed by atoms with Crippen LogP contribution in [0.15, 0.2) is 24.3 Å². The first-order chi connectivity index (χ1) is 10.6. The van der Waals surface area contributed by atoms with Crippen molar-refractivity contribution in [1.29, 1.82) is 0 Å². The number of nitrogens with two attached hydrogens (primary N) is 1. The second-order valence-corrected chi connectivity index (χ2v) is 9.82. The molecule has 3 aliphatic carbocycles. The number of carbonyl (C=O) groups excluding carboxylic acids is 1. The van der Waals surface area contributed by atoms with E-state index < -0.39 is 13.8 Å². The average molecular weight is 309 g/mol. The molecule has 0 saturated heterocycles. The lowest BCUT2D eigenvalue weighted by molar-refractivity contribution is -0.122. The van der Waals surface area contributed by atoms with Gasteiger partial charge in [-0.15, -0.1) is 0 Å². The van der Waals surface area contributed by atoms with Crippen LogP contribution < -0.4 is 5.73 Å². The SMILES string of the molecule is C[Si](C)=C1C2CCC(C2)C1(C(N)=O)c1cccc2c1C=CC2. The third-order valence-electron chi connectivity index (χ3n) is 6.05. The van der Waals surface area contributed by atoms with Gasteiger partial charge in [-0.3, -0.25) is 4.79 Å². The summed E-state index contributed by atoms with van der Waals surface area (Å²) in [5, 5.41) is 1.51. The Bertz CT molecular complexity index is 729. The average Bonchev–Trinajstić information content (AvgIpc) is 3.19. The molecule has 3 unspecified atom stereocenters. The molecule has 0 aromatic heterocycles. The Morgan fingerprint density at radius 2 is 2.14 bits per heavy atom. The van der Waals surface area contributed by atoms with Crippen molar-refractivity contribution >= 4 is 25.6 Å². The van der Waals surface area contributed by atoms with Crippen LogP contribution in [-0.4, -0.2) is 19.5 Å². The smallest absolute Gasteiger partial charge is 0.232 e. The van der Waals surface area contributed by atoms with E-state index in [1.165, 1.54) is 34.7 Å². The summed E-state index contributed by atoms with van der Waals surface area (Å²) in [7, 11) is -0.665. The molecule has 0 aliphatic heterocycles. The van der Waals surface area contributed by atoms with Crippen LogP contribution in [0.1, 0.15) is 36.0 Å². The second-order valence-electron chi connectivity index (χ2n) is 7.28. The fourth-order valence-corrected chi connectivity index (χ4v) is 7.78. The van der Waals surface area contributed by atoms with Crippen molar-refractivity contribution in [2.24, 2.45) is 17.6 Å². The van der Waals surface area contributed by atoms with Gasteiger partial charge in [-0.2, -0.15) is 0 Å². The minimum Gasteiger partial charge on any atom is -0.369 e. The van der Waals surface area contributed by atoms with Crippen molar-refractivity contribution in [1.82, 2.24) is 0 Å². The molecule has 2 N–H and O–H groups in total. The molecule has 3 aliphatic rings. The van der Waals surface area contributed by atoms with Crippen LogP contribution in [0.5, 0.6) is 0 Å². The Kier molecular flexibility index (Phi) is 3.05. The molecular weight excluding hydrogens is 286 g/mol. The predicted molar refractivity (Wildman–Crippen MR) is 93.4 cm³/mol. The van der Waals surface area contributed by atoms with Crippen molar-refractivity contribution < 1.29 is 4.79 Å². The molecule has 0 heterocycles. The second kappa shape index (κ2) is 4.75. The number of carbonyl (C=O) groups is 1. The minimum atomic E-state index is -0.665. The first kappa shape index (κ1) is 14.1. The Morgan fingerprint density at radius 1 is 1.32 bits per heavy atom. The third-order valence-corrected chi connectivity index (χ3v) is 7.93. The van der Waals surface area contributed by atoms with Crippen LogP contribution in [0.4, 0.5) is 0 Å². The Labute approximate surface area is 133 Å². The van der Waals surface area contributed by atoms with Crippen LogP contribution in [0, 0.1) is 11.8 Å². The number of amides is 1. The van der Waals surface area contributed by atoms with Gasteiger partial charge in [-0.05, 0) is 54.2 Å². The molecule has 114 valence electrons. The highest BCUT2D eigenvalue weighted by atomic mass is 28.2. The van der Waals surface area contributed by atoms with Crippen LogP contribution in [0.25, 0.3) is 6.08 Å². The normalized spacial score (nSPS) is 31.6. The fourth-order valence-electron chi connectivity index (χ4n) is 5.45. The fraction of sp³-hybridized carbons (Fsp3) is 0.474. The first-order valence-corrected chi connectivity index (χ1v) is 10.8. The van der Waals surface area contributed by atoms with Gasteiger partial charge in [0, 0.05) is 8.41 Å². The number of hydrogen-bond donors (Lipinski definition) is 1. The van der Waals surface area contributed by atoms with Gasteiger partial charge in [0.1, 0.15) is 0 Å². The third kappa shape index (κ3) is 1.60. The van der Waals surface area contributed by atoms with E-state index in [0.29, 0.717) is 11.8 Å². The molecule has 0 spiro atoms. The maximum atomic E-state index is 12.8. The summed E-state index contributed by atoms with van der Waals surface area (Å²) >= 11 is 0. The zero-order valence-electron chi connectivity index (χ0n) is 13.4. The number of primary amides is 1. The number of benzene rings is 1. The van der Waals surface area contributed by atoms with Crippen molar-refractivity contribution in [3.63, 3.8) is 0 Å². The number of fused-ring (bicyclic) bond motifs is 3. The molecule has 1 aromatic carbocycles. The van der Waals surface area contributed by atoms with Gasteiger partial charge < -0.3 is 5.73 Å². The molecule has 22 heavy (non-hydrogen) atoms. The standard InChI is InChI=1S/C19H23NOSi/c1-22(2)17-13-9-10-14(11-13)19(17,18(20)21)16-8-4-6-12-5-3-7-15(12)16/h3-4,6-8,13-14H,5,9-11H2,1-2H3,(H2,20,21). The van der Waals surface area contributed by atoms with Crippen LogP contribution in [0.3, 0.4) is 0 Å². The van der Waals surface area contributed by atoms with Crippen LogP contribution in [0.2, 0.25) is 13.1 Å². The van der Waals surface area contributed by atoms with E-state index in [1.807, 2.05) is 0 Å². The molecule has 2 bridgehead atoms. The van der Waals surface area contributed by atoms with Gasteiger partial charge in [0.25, 0.3) is 0 Å². The van der Waals surface area contributed by atoms with Crippen molar-refractivity contribution in [2.75, 3.05) is 0 Å². The molecule has 2 nitrogen and oxygen atoms in total. The van der Waals surface area contributed by atoms with Crippen LogP contribution >= 0.6 is 0 Å². The number of allylic oxidation sites excluding steroid dienone is 1. The van der Waals surface area contributed by atoms with Crippen molar-refractivity contribution in [3.05, 3.63) is 41.0 Å². The summed E-state index contributed by atoms with van der Waals surface area (Å²) in [6, 6.07) is 6.47. The lowest BCUT2D eigenvalue weighted by Crippen LogP contribution is -2.54. The summed E-state index contributed by atoms with van der Waals surface area (Å²) in [6.45, 7) is 4.66. The van der Waals surface area contributed by atoms with E-state index >= 15 is 0 Å². The highest BCUT2D eigenvalue weighted by Gasteiger charge is 2.59. The van der Waals surface area contributed by atoms with Gasteiger partial charge in [0.15, 0.2) is 0 Å². The maximum Gasteiger partial charge on any atom is 0.232 e. The van der Waals surface area contributed by atoms with E-state index in [9.17, 15) is 4.79 Å². The molecule has 3 atom stereocenters.